The first-order valence-electron chi connectivity index (χ1n) is 7.90. The maximum atomic E-state index is 11.9. The number of rotatable bonds is 6. The molecule has 0 radical (unpaired) electrons. The average molecular weight is 421 g/mol. The first kappa shape index (κ1) is 18.1. The van der Waals surface area contributed by atoms with Gasteiger partial charge in [-0.15, -0.1) is 0 Å². The standard InChI is InChI=1S/C19H17BrO6/c1-3-23-18(21)14-6-4-13(11-17(14)22-2)26-12-5-7-16(20)15(10-12)19-24-8-9-25-19/h4-11,19H,3H2,1-2H3. The van der Waals surface area contributed by atoms with Crippen LogP contribution in [0, 0.1) is 0 Å². The summed E-state index contributed by atoms with van der Waals surface area (Å²) in [6, 6.07) is 10.4. The van der Waals surface area contributed by atoms with Crippen molar-refractivity contribution in [2.45, 2.75) is 13.2 Å². The summed E-state index contributed by atoms with van der Waals surface area (Å²) in [5, 5.41) is 0. The largest absolute Gasteiger partial charge is 0.496 e. The molecule has 1 aliphatic rings. The highest BCUT2D eigenvalue weighted by atomic mass is 79.9. The van der Waals surface area contributed by atoms with Crippen molar-refractivity contribution in [2.75, 3.05) is 13.7 Å². The van der Waals surface area contributed by atoms with E-state index in [0.717, 1.165) is 10.0 Å². The van der Waals surface area contributed by atoms with Gasteiger partial charge in [-0.2, -0.15) is 0 Å². The first-order chi connectivity index (χ1) is 12.6. The lowest BCUT2D eigenvalue weighted by Crippen LogP contribution is -2.06. The molecular weight excluding hydrogens is 404 g/mol. The molecule has 2 aromatic carbocycles. The topological polar surface area (TPSA) is 63.2 Å². The van der Waals surface area contributed by atoms with Crippen LogP contribution in [0.2, 0.25) is 0 Å². The molecule has 2 aromatic rings. The van der Waals surface area contributed by atoms with Crippen LogP contribution in [0.5, 0.6) is 17.2 Å². The summed E-state index contributed by atoms with van der Waals surface area (Å²) < 4.78 is 27.8. The Morgan fingerprint density at radius 3 is 2.50 bits per heavy atom. The Hall–Kier alpha value is -2.67. The highest BCUT2D eigenvalue weighted by Crippen LogP contribution is 2.35. The Balaban J connectivity index is 1.82. The average Bonchev–Trinajstić information content (AvgIpc) is 3.18. The number of carbonyl (C=O) groups excluding carboxylic acids is 1. The highest BCUT2D eigenvalue weighted by Gasteiger charge is 2.20. The highest BCUT2D eigenvalue weighted by molar-refractivity contribution is 9.10. The van der Waals surface area contributed by atoms with E-state index in [0.29, 0.717) is 29.4 Å². The number of esters is 1. The van der Waals surface area contributed by atoms with Crippen LogP contribution in [0.15, 0.2) is 53.4 Å². The van der Waals surface area contributed by atoms with Crippen LogP contribution >= 0.6 is 15.9 Å². The number of halogens is 1. The SMILES string of the molecule is CCOC(=O)c1ccc(Oc2ccc(Br)c(C3OC=CO3)c2)cc1OC. The Kier molecular flexibility index (Phi) is 5.68. The quantitative estimate of drug-likeness (QED) is 0.616. The van der Waals surface area contributed by atoms with Gasteiger partial charge in [0, 0.05) is 10.5 Å². The van der Waals surface area contributed by atoms with Gasteiger partial charge in [-0.25, -0.2) is 4.79 Å². The summed E-state index contributed by atoms with van der Waals surface area (Å²) in [5.74, 6) is 1.05. The minimum absolute atomic E-state index is 0.294. The van der Waals surface area contributed by atoms with Crippen molar-refractivity contribution in [3.05, 3.63) is 64.5 Å². The lowest BCUT2D eigenvalue weighted by Gasteiger charge is -2.15. The molecule has 0 saturated carbocycles. The molecule has 1 aliphatic heterocycles. The van der Waals surface area contributed by atoms with Gasteiger partial charge in [-0.1, -0.05) is 15.9 Å². The maximum absolute atomic E-state index is 11.9. The van der Waals surface area contributed by atoms with Crippen molar-refractivity contribution in [2.24, 2.45) is 0 Å². The monoisotopic (exact) mass is 420 g/mol. The molecule has 0 atom stereocenters. The molecule has 0 aliphatic carbocycles. The van der Waals surface area contributed by atoms with Gasteiger partial charge in [-0.05, 0) is 37.3 Å². The molecule has 0 saturated heterocycles. The van der Waals surface area contributed by atoms with Crippen molar-refractivity contribution < 1.29 is 28.5 Å². The van der Waals surface area contributed by atoms with E-state index in [4.69, 9.17) is 23.7 Å². The van der Waals surface area contributed by atoms with Crippen molar-refractivity contribution in [1.29, 1.82) is 0 Å². The zero-order valence-electron chi connectivity index (χ0n) is 14.2. The zero-order valence-corrected chi connectivity index (χ0v) is 15.8. The van der Waals surface area contributed by atoms with E-state index in [1.807, 2.05) is 18.2 Å². The van der Waals surface area contributed by atoms with Gasteiger partial charge in [0.2, 0.25) is 0 Å². The normalized spacial score (nSPS) is 13.0. The molecular formula is C19H17BrO6. The van der Waals surface area contributed by atoms with Gasteiger partial charge < -0.3 is 23.7 Å². The van der Waals surface area contributed by atoms with Crippen molar-refractivity contribution in [3.8, 4) is 17.2 Å². The number of benzene rings is 2. The van der Waals surface area contributed by atoms with Gasteiger partial charge >= 0.3 is 5.97 Å². The number of hydrogen-bond donors (Lipinski definition) is 0. The molecule has 1 heterocycles. The van der Waals surface area contributed by atoms with Gasteiger partial charge in [-0.3, -0.25) is 0 Å². The van der Waals surface area contributed by atoms with E-state index < -0.39 is 12.3 Å². The second kappa shape index (κ2) is 8.14. The second-order valence-corrected chi connectivity index (χ2v) is 6.10. The molecule has 136 valence electrons. The molecule has 0 N–H and O–H groups in total. The van der Waals surface area contributed by atoms with Crippen molar-refractivity contribution in [1.82, 2.24) is 0 Å². The summed E-state index contributed by atoms with van der Waals surface area (Å²) >= 11 is 3.47. The van der Waals surface area contributed by atoms with Gasteiger partial charge in [0.15, 0.2) is 0 Å². The fraction of sp³-hybridized carbons (Fsp3) is 0.211. The molecule has 0 aromatic heterocycles. The van der Waals surface area contributed by atoms with Crippen LogP contribution in [0.3, 0.4) is 0 Å². The van der Waals surface area contributed by atoms with E-state index in [1.165, 1.54) is 19.6 Å². The van der Waals surface area contributed by atoms with E-state index in [-0.39, 0.29) is 0 Å². The Bertz CT molecular complexity index is 825. The van der Waals surface area contributed by atoms with Crippen LogP contribution in [-0.2, 0) is 14.2 Å². The van der Waals surface area contributed by atoms with Crippen LogP contribution in [0.25, 0.3) is 0 Å². The molecule has 6 nitrogen and oxygen atoms in total. The third-order valence-corrected chi connectivity index (χ3v) is 4.31. The lowest BCUT2D eigenvalue weighted by molar-refractivity contribution is -0.0252. The second-order valence-electron chi connectivity index (χ2n) is 5.24. The zero-order chi connectivity index (χ0) is 18.5. The Morgan fingerprint density at radius 2 is 1.81 bits per heavy atom. The first-order valence-corrected chi connectivity index (χ1v) is 8.70. The molecule has 0 unspecified atom stereocenters. The number of carbonyl (C=O) groups is 1. The van der Waals surface area contributed by atoms with E-state index in [2.05, 4.69) is 15.9 Å². The number of ether oxygens (including phenoxy) is 5. The summed E-state index contributed by atoms with van der Waals surface area (Å²) in [7, 11) is 1.49. The minimum atomic E-state index is -0.520. The molecule has 0 fully saturated rings. The molecule has 0 spiro atoms. The summed E-state index contributed by atoms with van der Waals surface area (Å²) in [4.78, 5) is 11.9. The minimum Gasteiger partial charge on any atom is -0.496 e. The Labute approximate surface area is 159 Å². The molecule has 0 bridgehead atoms. The fourth-order valence-corrected chi connectivity index (χ4v) is 2.83. The van der Waals surface area contributed by atoms with Crippen LogP contribution in [0.1, 0.15) is 29.1 Å². The smallest absolute Gasteiger partial charge is 0.341 e. The predicted molar refractivity (Wildman–Crippen MR) is 97.2 cm³/mol. The van der Waals surface area contributed by atoms with Crippen LogP contribution < -0.4 is 9.47 Å². The molecule has 0 amide bonds. The lowest BCUT2D eigenvalue weighted by atomic mass is 10.2. The molecule has 26 heavy (non-hydrogen) atoms. The van der Waals surface area contributed by atoms with Crippen molar-refractivity contribution in [3.63, 3.8) is 0 Å². The molecule has 3 rings (SSSR count). The molecule has 7 heteroatoms. The number of hydrogen-bond acceptors (Lipinski definition) is 6. The van der Waals surface area contributed by atoms with E-state index in [1.54, 1.807) is 25.1 Å². The fourth-order valence-electron chi connectivity index (χ4n) is 2.40. The van der Waals surface area contributed by atoms with E-state index in [9.17, 15) is 4.79 Å². The van der Waals surface area contributed by atoms with Gasteiger partial charge in [0.1, 0.15) is 35.3 Å². The summed E-state index contributed by atoms with van der Waals surface area (Å²) in [5.41, 5.74) is 1.14. The maximum Gasteiger partial charge on any atom is 0.341 e. The van der Waals surface area contributed by atoms with Crippen LogP contribution in [0.4, 0.5) is 0 Å². The summed E-state index contributed by atoms with van der Waals surface area (Å²) in [6.07, 6.45) is 2.46. The van der Waals surface area contributed by atoms with Gasteiger partial charge in [0.25, 0.3) is 6.29 Å². The number of methoxy groups -OCH3 is 1. The third-order valence-electron chi connectivity index (χ3n) is 3.59. The van der Waals surface area contributed by atoms with Crippen LogP contribution in [-0.4, -0.2) is 19.7 Å². The Morgan fingerprint density at radius 1 is 1.12 bits per heavy atom. The predicted octanol–water partition coefficient (Wildman–Crippen LogP) is 4.94. The summed E-state index contributed by atoms with van der Waals surface area (Å²) in [6.45, 7) is 2.04. The third kappa shape index (κ3) is 3.94. The van der Waals surface area contributed by atoms with Crippen molar-refractivity contribution >= 4 is 21.9 Å². The van der Waals surface area contributed by atoms with Gasteiger partial charge in [0.05, 0.1) is 19.3 Å². The van der Waals surface area contributed by atoms with E-state index >= 15 is 0 Å².